The summed E-state index contributed by atoms with van der Waals surface area (Å²) >= 11 is 5.75. The summed E-state index contributed by atoms with van der Waals surface area (Å²) < 4.78 is 14.3. The minimum absolute atomic E-state index is 0.181. The van der Waals surface area contributed by atoms with Crippen LogP contribution >= 0.6 is 11.6 Å². The van der Waals surface area contributed by atoms with Gasteiger partial charge in [-0.2, -0.15) is 0 Å². The molecule has 0 aliphatic rings. The third kappa shape index (κ3) is 1.28. The number of carbonyl (C=O) groups excluding carboxylic acids is 1. The lowest BCUT2D eigenvalue weighted by Gasteiger charge is -1.99. The largest absolute Gasteiger partial charge is 0.293 e. The molecular formula is C9H6ClFN2O. The van der Waals surface area contributed by atoms with E-state index in [1.807, 2.05) is 0 Å². The van der Waals surface area contributed by atoms with E-state index in [0.29, 0.717) is 11.3 Å². The van der Waals surface area contributed by atoms with Gasteiger partial charge in [0, 0.05) is 13.1 Å². The Morgan fingerprint density at radius 2 is 2.36 bits per heavy atom. The van der Waals surface area contributed by atoms with Gasteiger partial charge in [0.25, 0.3) is 0 Å². The molecule has 2 aromatic heterocycles. The zero-order chi connectivity index (χ0) is 10.3. The fraction of sp³-hybridized carbons (Fsp3) is 0.111. The van der Waals surface area contributed by atoms with Crippen LogP contribution < -0.4 is 0 Å². The van der Waals surface area contributed by atoms with Crippen molar-refractivity contribution < 1.29 is 9.18 Å². The number of aromatic nitrogens is 2. The Hall–Kier alpha value is -1.42. The highest BCUT2D eigenvalue weighted by Crippen LogP contribution is 2.19. The van der Waals surface area contributed by atoms with Crippen molar-refractivity contribution in [3.05, 3.63) is 35.0 Å². The molecule has 0 aliphatic carbocycles. The van der Waals surface area contributed by atoms with Gasteiger partial charge in [-0.25, -0.2) is 9.37 Å². The Morgan fingerprint density at radius 3 is 3.00 bits per heavy atom. The summed E-state index contributed by atoms with van der Waals surface area (Å²) in [5, 5.41) is 0.192. The number of hydrogen-bond acceptors (Lipinski definition) is 2. The third-order valence-corrected chi connectivity index (χ3v) is 2.17. The predicted octanol–water partition coefficient (Wildman–Crippen LogP) is 2.33. The Bertz CT molecular complexity index is 521. The molecule has 2 heterocycles. The molecule has 0 aromatic carbocycles. The topological polar surface area (TPSA) is 34.4 Å². The summed E-state index contributed by atoms with van der Waals surface area (Å²) in [4.78, 5) is 15.0. The monoisotopic (exact) mass is 212 g/mol. The maximum atomic E-state index is 13.0. The molecule has 2 rings (SSSR count). The molecule has 0 N–H and O–H groups in total. The van der Waals surface area contributed by atoms with Crippen molar-refractivity contribution in [1.82, 2.24) is 9.38 Å². The van der Waals surface area contributed by atoms with Crippen LogP contribution in [0.2, 0.25) is 5.02 Å². The number of halogens is 2. The second-order valence-corrected chi connectivity index (χ2v) is 3.31. The first kappa shape index (κ1) is 9.15. The van der Waals surface area contributed by atoms with Crippen LogP contribution in [0, 0.1) is 5.82 Å². The van der Waals surface area contributed by atoms with Crippen molar-refractivity contribution in [2.24, 2.45) is 0 Å². The van der Waals surface area contributed by atoms with E-state index in [2.05, 4.69) is 4.98 Å². The molecule has 0 fully saturated rings. The molecular weight excluding hydrogens is 207 g/mol. The van der Waals surface area contributed by atoms with E-state index < -0.39 is 5.82 Å². The molecule has 0 amide bonds. The van der Waals surface area contributed by atoms with E-state index in [0.717, 1.165) is 6.07 Å². The van der Waals surface area contributed by atoms with Gasteiger partial charge in [-0.3, -0.25) is 9.20 Å². The molecule has 0 atom stereocenters. The highest BCUT2D eigenvalue weighted by atomic mass is 35.5. The maximum absolute atomic E-state index is 13.0. The van der Waals surface area contributed by atoms with Crippen LogP contribution in [0.3, 0.4) is 0 Å². The van der Waals surface area contributed by atoms with Crippen molar-refractivity contribution >= 4 is 23.0 Å². The highest BCUT2D eigenvalue weighted by molar-refractivity contribution is 6.33. The minimum Gasteiger partial charge on any atom is -0.293 e. The Kier molecular flexibility index (Phi) is 2.00. The second kappa shape index (κ2) is 3.06. The van der Waals surface area contributed by atoms with Gasteiger partial charge in [-0.1, -0.05) is 11.6 Å². The lowest BCUT2D eigenvalue weighted by Crippen LogP contribution is -1.99. The Morgan fingerprint density at radius 1 is 1.64 bits per heavy atom. The average molecular weight is 213 g/mol. The third-order valence-electron chi connectivity index (χ3n) is 1.89. The van der Waals surface area contributed by atoms with Crippen molar-refractivity contribution in [1.29, 1.82) is 0 Å². The first-order valence-electron chi connectivity index (χ1n) is 3.92. The van der Waals surface area contributed by atoms with E-state index in [4.69, 9.17) is 11.6 Å². The first-order chi connectivity index (χ1) is 6.59. The quantitative estimate of drug-likeness (QED) is 0.680. The molecule has 2 aromatic rings. The van der Waals surface area contributed by atoms with E-state index in [1.54, 1.807) is 0 Å². The molecule has 0 bridgehead atoms. The van der Waals surface area contributed by atoms with Gasteiger partial charge in [0.1, 0.15) is 11.5 Å². The molecule has 3 nitrogen and oxygen atoms in total. The summed E-state index contributed by atoms with van der Waals surface area (Å²) in [5.41, 5.74) is 0.708. The number of fused-ring (bicyclic) bond motifs is 1. The molecule has 14 heavy (non-hydrogen) atoms. The zero-order valence-electron chi connectivity index (χ0n) is 7.29. The first-order valence-corrected chi connectivity index (χ1v) is 4.30. The Balaban J connectivity index is 2.85. The fourth-order valence-corrected chi connectivity index (χ4v) is 1.52. The molecule has 0 aliphatic heterocycles. The number of Topliss-reactive ketones (excluding diaryl/α,β-unsaturated/α-hetero) is 1. The number of nitrogens with zero attached hydrogens (tertiary/aromatic N) is 2. The number of rotatable bonds is 1. The smallest absolute Gasteiger partial charge is 0.178 e. The molecule has 0 spiro atoms. The van der Waals surface area contributed by atoms with E-state index in [9.17, 15) is 9.18 Å². The van der Waals surface area contributed by atoms with Crippen molar-refractivity contribution in [2.45, 2.75) is 6.92 Å². The van der Waals surface area contributed by atoms with E-state index in [-0.39, 0.29) is 10.8 Å². The summed E-state index contributed by atoms with van der Waals surface area (Å²) in [5.74, 6) is -0.679. The lowest BCUT2D eigenvalue weighted by molar-refractivity contribution is 0.101. The average Bonchev–Trinajstić information content (AvgIpc) is 2.47. The van der Waals surface area contributed by atoms with Crippen LogP contribution in [0.4, 0.5) is 4.39 Å². The minimum atomic E-state index is -0.497. The van der Waals surface area contributed by atoms with Crippen LogP contribution in [-0.2, 0) is 0 Å². The van der Waals surface area contributed by atoms with Crippen molar-refractivity contribution in [2.75, 3.05) is 0 Å². The molecule has 0 unspecified atom stereocenters. The number of ketones is 1. The Labute approximate surface area is 84.1 Å². The van der Waals surface area contributed by atoms with Gasteiger partial charge in [0.2, 0.25) is 0 Å². The van der Waals surface area contributed by atoms with Crippen LogP contribution in [-0.4, -0.2) is 15.2 Å². The van der Waals surface area contributed by atoms with Crippen LogP contribution in [0.1, 0.15) is 17.4 Å². The van der Waals surface area contributed by atoms with Gasteiger partial charge < -0.3 is 0 Å². The van der Waals surface area contributed by atoms with Gasteiger partial charge in [0.15, 0.2) is 11.4 Å². The SMILES string of the molecule is CC(=O)c1cnc2c(Cl)cc(F)cn12. The summed E-state index contributed by atoms with van der Waals surface area (Å²) in [6, 6.07) is 1.16. The second-order valence-electron chi connectivity index (χ2n) is 2.90. The number of carbonyl (C=O) groups is 1. The number of pyridine rings is 1. The zero-order valence-corrected chi connectivity index (χ0v) is 8.05. The van der Waals surface area contributed by atoms with E-state index in [1.165, 1.54) is 23.7 Å². The summed E-state index contributed by atoms with van der Waals surface area (Å²) in [7, 11) is 0. The molecule has 0 saturated carbocycles. The molecule has 72 valence electrons. The molecule has 0 saturated heterocycles. The van der Waals surface area contributed by atoms with Gasteiger partial charge >= 0.3 is 0 Å². The van der Waals surface area contributed by atoms with Gasteiger partial charge in [0.05, 0.1) is 11.2 Å². The number of hydrogen-bond donors (Lipinski definition) is 0. The highest BCUT2D eigenvalue weighted by Gasteiger charge is 2.10. The number of imidazole rings is 1. The molecule has 5 heteroatoms. The standard InChI is InChI=1S/C9H6ClFN2O/c1-5(14)8-3-12-9-7(10)2-6(11)4-13(8)9/h2-4H,1H3. The van der Waals surface area contributed by atoms with Gasteiger partial charge in [-0.05, 0) is 6.07 Å². The predicted molar refractivity (Wildman–Crippen MR) is 50.2 cm³/mol. The van der Waals surface area contributed by atoms with Crippen molar-refractivity contribution in [3.8, 4) is 0 Å². The fourth-order valence-electron chi connectivity index (χ4n) is 1.27. The van der Waals surface area contributed by atoms with Crippen molar-refractivity contribution in [3.63, 3.8) is 0 Å². The summed E-state index contributed by atoms with van der Waals surface area (Å²) in [6.07, 6.45) is 2.56. The van der Waals surface area contributed by atoms with Gasteiger partial charge in [-0.15, -0.1) is 0 Å². The summed E-state index contributed by atoms with van der Waals surface area (Å²) in [6.45, 7) is 1.39. The maximum Gasteiger partial charge on any atom is 0.178 e. The van der Waals surface area contributed by atoms with Crippen LogP contribution in [0.25, 0.3) is 5.65 Å². The van der Waals surface area contributed by atoms with Crippen LogP contribution in [0.5, 0.6) is 0 Å². The molecule has 0 radical (unpaired) electrons. The van der Waals surface area contributed by atoms with Crippen LogP contribution in [0.15, 0.2) is 18.5 Å². The lowest BCUT2D eigenvalue weighted by atomic mass is 10.3. The normalized spacial score (nSPS) is 10.8. The van der Waals surface area contributed by atoms with E-state index >= 15 is 0 Å².